The van der Waals surface area contributed by atoms with Crippen LogP contribution in [0.5, 0.6) is 11.5 Å². The molecule has 8 heteroatoms. The summed E-state index contributed by atoms with van der Waals surface area (Å²) in [6, 6.07) is 11.7. The number of nitrogens with two attached hydrogens (primary N) is 2. The number of anilines is 1. The Labute approximate surface area is 166 Å². The van der Waals surface area contributed by atoms with Gasteiger partial charge in [-0.25, -0.2) is 14.3 Å². The van der Waals surface area contributed by atoms with Crippen LogP contribution in [0.2, 0.25) is 0 Å². The summed E-state index contributed by atoms with van der Waals surface area (Å²) in [5, 5.41) is 0.841. The first-order valence-corrected chi connectivity index (χ1v) is 10.2. The summed E-state index contributed by atoms with van der Waals surface area (Å²) >= 11 is 0. The van der Waals surface area contributed by atoms with Gasteiger partial charge in [0.15, 0.2) is 5.03 Å². The van der Waals surface area contributed by atoms with Crippen molar-refractivity contribution >= 4 is 15.5 Å². The maximum atomic E-state index is 12.9. The highest BCUT2D eigenvalue weighted by molar-refractivity contribution is 7.95. The van der Waals surface area contributed by atoms with Gasteiger partial charge in [-0.1, -0.05) is 26.0 Å². The van der Waals surface area contributed by atoms with Crippen LogP contribution in [0.15, 0.2) is 58.1 Å². The second-order valence-corrected chi connectivity index (χ2v) is 8.50. The van der Waals surface area contributed by atoms with Crippen molar-refractivity contribution in [2.24, 2.45) is 11.6 Å². The third kappa shape index (κ3) is 4.23. The lowest BCUT2D eigenvalue weighted by Gasteiger charge is -2.23. The van der Waals surface area contributed by atoms with Crippen molar-refractivity contribution < 1.29 is 17.9 Å². The maximum Gasteiger partial charge on any atom is 0.223 e. The van der Waals surface area contributed by atoms with Crippen molar-refractivity contribution in [3.63, 3.8) is 0 Å². The Kier molecular flexibility index (Phi) is 6.58. The molecule has 0 radical (unpaired) electrons. The molecule has 0 spiro atoms. The van der Waals surface area contributed by atoms with Gasteiger partial charge in [0.25, 0.3) is 0 Å². The Balaban J connectivity index is 2.48. The number of benzene rings is 2. The van der Waals surface area contributed by atoms with Crippen LogP contribution in [0.1, 0.15) is 32.3 Å². The lowest BCUT2D eigenvalue weighted by molar-refractivity contribution is 0.403. The Morgan fingerprint density at radius 1 is 1.04 bits per heavy atom. The van der Waals surface area contributed by atoms with Gasteiger partial charge in [0.05, 0.1) is 24.8 Å². The number of allylic oxidation sites excluding steroid dienone is 1. The number of hydrazine groups is 1. The molecular weight excluding hydrogens is 378 g/mol. The lowest BCUT2D eigenvalue weighted by atomic mass is 10.0. The highest BCUT2D eigenvalue weighted by Gasteiger charge is 2.24. The van der Waals surface area contributed by atoms with Crippen molar-refractivity contribution in [2.75, 3.05) is 19.2 Å². The molecule has 2 rings (SSSR count). The van der Waals surface area contributed by atoms with E-state index < -0.39 is 9.84 Å². The molecule has 2 aromatic carbocycles. The van der Waals surface area contributed by atoms with Gasteiger partial charge in [-0.05, 0) is 42.7 Å². The van der Waals surface area contributed by atoms with Gasteiger partial charge in [-0.2, -0.15) is 0 Å². The molecule has 0 aliphatic rings. The Bertz CT molecular complexity index is 967. The molecule has 4 N–H and O–H groups in total. The van der Waals surface area contributed by atoms with Crippen molar-refractivity contribution in [1.82, 2.24) is 0 Å². The van der Waals surface area contributed by atoms with E-state index in [-0.39, 0.29) is 15.6 Å². The first-order valence-electron chi connectivity index (χ1n) is 8.71. The van der Waals surface area contributed by atoms with E-state index >= 15 is 0 Å². The normalized spacial score (nSPS) is 12.5. The van der Waals surface area contributed by atoms with E-state index in [0.717, 1.165) is 5.56 Å². The summed E-state index contributed by atoms with van der Waals surface area (Å²) < 4.78 is 36.4. The van der Waals surface area contributed by atoms with E-state index in [0.29, 0.717) is 23.1 Å². The van der Waals surface area contributed by atoms with Crippen molar-refractivity contribution in [3.8, 4) is 11.5 Å². The quantitative estimate of drug-likeness (QED) is 0.538. The minimum atomic E-state index is -3.91. The Hall–Kier alpha value is -2.71. The zero-order valence-electron chi connectivity index (χ0n) is 16.8. The number of sulfone groups is 1. The topological polar surface area (TPSA) is 108 Å². The molecule has 0 saturated heterocycles. The van der Waals surface area contributed by atoms with Crippen LogP contribution in [0.3, 0.4) is 0 Å². The fraction of sp³-hybridized carbons (Fsp3) is 0.300. The van der Waals surface area contributed by atoms with Crippen LogP contribution >= 0.6 is 0 Å². The number of methoxy groups -OCH3 is 2. The molecule has 0 saturated carbocycles. The third-order valence-electron chi connectivity index (χ3n) is 4.51. The number of rotatable bonds is 7. The number of ether oxygens (including phenoxy) is 2. The smallest absolute Gasteiger partial charge is 0.223 e. The van der Waals surface area contributed by atoms with Gasteiger partial charge in [-0.15, -0.1) is 0 Å². The molecule has 0 fully saturated rings. The summed E-state index contributed by atoms with van der Waals surface area (Å²) in [4.78, 5) is 0.111. The van der Waals surface area contributed by atoms with Crippen molar-refractivity contribution in [2.45, 2.75) is 31.6 Å². The largest absolute Gasteiger partial charge is 0.497 e. The molecule has 0 aromatic heterocycles. The summed E-state index contributed by atoms with van der Waals surface area (Å²) in [5.41, 5.74) is 7.65. The van der Waals surface area contributed by atoms with E-state index in [9.17, 15) is 8.42 Å². The predicted octanol–water partition coefficient (Wildman–Crippen LogP) is 3.13. The van der Waals surface area contributed by atoms with E-state index in [1.54, 1.807) is 42.5 Å². The predicted molar refractivity (Wildman–Crippen MR) is 111 cm³/mol. The van der Waals surface area contributed by atoms with Crippen LogP contribution in [-0.4, -0.2) is 22.6 Å². The van der Waals surface area contributed by atoms with Gasteiger partial charge in [0, 0.05) is 6.07 Å². The highest BCUT2D eigenvalue weighted by atomic mass is 32.2. The zero-order valence-corrected chi connectivity index (χ0v) is 17.6. The maximum absolute atomic E-state index is 12.9. The van der Waals surface area contributed by atoms with E-state index in [1.165, 1.54) is 26.2 Å². The number of hydrogen-bond acceptors (Lipinski definition) is 7. The molecule has 0 atom stereocenters. The highest BCUT2D eigenvalue weighted by Crippen LogP contribution is 2.33. The van der Waals surface area contributed by atoms with Crippen LogP contribution in [0.25, 0.3) is 0 Å². The minimum Gasteiger partial charge on any atom is -0.497 e. The molecular formula is C20H27N3O4S. The van der Waals surface area contributed by atoms with E-state index in [2.05, 4.69) is 0 Å². The Morgan fingerprint density at radius 2 is 1.64 bits per heavy atom. The number of nitrogens with zero attached hydrogens (tertiary/aromatic N) is 1. The number of hydrogen-bond donors (Lipinski definition) is 2. The SMILES string of the molecule is COc1ccc(OC)c(N(N)/C(C)=C(\N)S(=O)(=O)c2ccc(C(C)C)cc2)c1. The Morgan fingerprint density at radius 3 is 2.14 bits per heavy atom. The lowest BCUT2D eigenvalue weighted by Crippen LogP contribution is -2.33. The molecule has 0 bridgehead atoms. The van der Waals surface area contributed by atoms with E-state index in [4.69, 9.17) is 21.1 Å². The molecule has 0 aliphatic carbocycles. The van der Waals surface area contributed by atoms with Gasteiger partial charge in [0.2, 0.25) is 9.84 Å². The average molecular weight is 406 g/mol. The molecule has 0 aliphatic heterocycles. The molecule has 152 valence electrons. The molecule has 7 nitrogen and oxygen atoms in total. The van der Waals surface area contributed by atoms with Crippen LogP contribution in [0, 0.1) is 0 Å². The van der Waals surface area contributed by atoms with Crippen LogP contribution in [0.4, 0.5) is 5.69 Å². The second kappa shape index (κ2) is 8.53. The van der Waals surface area contributed by atoms with Gasteiger partial charge < -0.3 is 15.2 Å². The molecule has 0 heterocycles. The fourth-order valence-electron chi connectivity index (χ4n) is 2.64. The van der Waals surface area contributed by atoms with Gasteiger partial charge in [0.1, 0.15) is 17.2 Å². The summed E-state index contributed by atoms with van der Waals surface area (Å²) in [6.45, 7) is 5.61. The molecule has 28 heavy (non-hydrogen) atoms. The first kappa shape index (κ1) is 21.6. The first-order chi connectivity index (χ1) is 13.1. The zero-order chi connectivity index (χ0) is 21.1. The second-order valence-electron chi connectivity index (χ2n) is 6.58. The average Bonchev–Trinajstić information content (AvgIpc) is 2.71. The fourth-order valence-corrected chi connectivity index (χ4v) is 3.87. The van der Waals surface area contributed by atoms with Gasteiger partial charge in [-0.3, -0.25) is 5.01 Å². The summed E-state index contributed by atoms with van der Waals surface area (Å²) in [6.07, 6.45) is 0. The molecule has 0 unspecified atom stereocenters. The van der Waals surface area contributed by atoms with Crippen LogP contribution in [-0.2, 0) is 9.84 Å². The summed E-state index contributed by atoms with van der Waals surface area (Å²) in [5.74, 6) is 7.47. The summed E-state index contributed by atoms with van der Waals surface area (Å²) in [7, 11) is -0.888. The monoisotopic (exact) mass is 405 g/mol. The standard InChI is InChI=1S/C20H27N3O4S/c1-13(2)15-6-9-17(10-7-15)28(24,25)20(21)14(3)23(22)18-12-16(26-4)8-11-19(18)27-5/h6-13H,21-22H2,1-5H3/b20-14+. The molecule has 2 aromatic rings. The van der Waals surface area contributed by atoms with E-state index in [1.807, 2.05) is 13.8 Å². The van der Waals surface area contributed by atoms with Gasteiger partial charge >= 0.3 is 0 Å². The molecule has 0 amide bonds. The van der Waals surface area contributed by atoms with Crippen molar-refractivity contribution in [1.29, 1.82) is 0 Å². The minimum absolute atomic E-state index is 0.111. The van der Waals surface area contributed by atoms with Crippen LogP contribution < -0.4 is 26.1 Å². The third-order valence-corrected chi connectivity index (χ3v) is 6.28. The van der Waals surface area contributed by atoms with Crippen molar-refractivity contribution in [3.05, 3.63) is 58.8 Å².